The molecular formula is C12H20N2O4. The second-order valence-corrected chi connectivity index (χ2v) is 5.74. The van der Waals surface area contributed by atoms with E-state index in [9.17, 15) is 9.59 Å². The van der Waals surface area contributed by atoms with Crippen molar-refractivity contribution in [1.82, 2.24) is 10.2 Å². The molecule has 2 saturated heterocycles. The van der Waals surface area contributed by atoms with Crippen molar-refractivity contribution in [3.8, 4) is 0 Å². The van der Waals surface area contributed by atoms with Gasteiger partial charge in [-0.15, -0.1) is 0 Å². The van der Waals surface area contributed by atoms with E-state index in [0.717, 1.165) is 0 Å². The number of fused-ring (bicyclic) bond motifs is 1. The summed E-state index contributed by atoms with van der Waals surface area (Å²) in [4.78, 5) is 24.7. The second kappa shape index (κ2) is 4.76. The smallest absolute Gasteiger partial charge is 0.410 e. The summed E-state index contributed by atoms with van der Waals surface area (Å²) in [5, 5.41) is 2.88. The Morgan fingerprint density at radius 2 is 2.22 bits per heavy atom. The van der Waals surface area contributed by atoms with Gasteiger partial charge >= 0.3 is 6.09 Å². The van der Waals surface area contributed by atoms with Gasteiger partial charge in [0, 0.05) is 6.54 Å². The van der Waals surface area contributed by atoms with Gasteiger partial charge in [0.15, 0.2) is 0 Å². The third-order valence-electron chi connectivity index (χ3n) is 2.99. The first-order valence-corrected chi connectivity index (χ1v) is 6.24. The zero-order valence-corrected chi connectivity index (χ0v) is 11.1. The number of nitrogens with zero attached hydrogens (tertiary/aromatic N) is 1. The highest BCUT2D eigenvalue weighted by Crippen LogP contribution is 2.19. The molecule has 0 saturated carbocycles. The lowest BCUT2D eigenvalue weighted by molar-refractivity contribution is -0.140. The summed E-state index contributed by atoms with van der Waals surface area (Å²) >= 11 is 0. The van der Waals surface area contributed by atoms with Crippen LogP contribution in [0.1, 0.15) is 27.2 Å². The zero-order valence-electron chi connectivity index (χ0n) is 11.1. The summed E-state index contributed by atoms with van der Waals surface area (Å²) in [6.07, 6.45) is 0.265. The number of carbonyl (C=O) groups excluding carboxylic acids is 2. The molecule has 1 unspecified atom stereocenters. The Labute approximate surface area is 107 Å². The molecule has 0 aromatic carbocycles. The highest BCUT2D eigenvalue weighted by molar-refractivity contribution is 5.78. The lowest BCUT2D eigenvalue weighted by Gasteiger charge is -2.41. The molecule has 1 N–H and O–H groups in total. The third kappa shape index (κ3) is 3.13. The molecule has 2 atom stereocenters. The summed E-state index contributed by atoms with van der Waals surface area (Å²) in [6.45, 7) is 6.65. The first kappa shape index (κ1) is 13.1. The number of rotatable bonds is 0. The molecule has 0 radical (unpaired) electrons. The molecule has 0 bridgehead atoms. The Morgan fingerprint density at radius 1 is 1.50 bits per heavy atom. The van der Waals surface area contributed by atoms with Crippen LogP contribution in [-0.4, -0.2) is 54.3 Å². The van der Waals surface area contributed by atoms with Gasteiger partial charge in [0.1, 0.15) is 12.2 Å². The van der Waals surface area contributed by atoms with Crippen LogP contribution in [-0.2, 0) is 14.3 Å². The summed E-state index contributed by atoms with van der Waals surface area (Å²) in [7, 11) is 0. The van der Waals surface area contributed by atoms with Crippen LogP contribution in [0.2, 0.25) is 0 Å². The van der Waals surface area contributed by atoms with Crippen molar-refractivity contribution in [1.29, 1.82) is 0 Å². The van der Waals surface area contributed by atoms with Crippen molar-refractivity contribution in [2.75, 3.05) is 19.7 Å². The van der Waals surface area contributed by atoms with Crippen molar-refractivity contribution >= 4 is 12.0 Å². The maximum Gasteiger partial charge on any atom is 0.410 e. The van der Waals surface area contributed by atoms with Gasteiger partial charge in [-0.25, -0.2) is 4.79 Å². The molecule has 2 amide bonds. The Bertz CT molecular complexity index is 350. The third-order valence-corrected chi connectivity index (χ3v) is 2.99. The van der Waals surface area contributed by atoms with Crippen LogP contribution >= 0.6 is 0 Å². The minimum atomic E-state index is -0.491. The maximum atomic E-state index is 11.9. The topological polar surface area (TPSA) is 67.9 Å². The highest BCUT2D eigenvalue weighted by Gasteiger charge is 2.37. The van der Waals surface area contributed by atoms with Crippen molar-refractivity contribution in [3.05, 3.63) is 0 Å². The van der Waals surface area contributed by atoms with Crippen molar-refractivity contribution in [2.45, 2.75) is 44.9 Å². The fourth-order valence-corrected chi connectivity index (χ4v) is 2.17. The van der Waals surface area contributed by atoms with Gasteiger partial charge < -0.3 is 19.7 Å². The lowest BCUT2D eigenvalue weighted by Crippen LogP contribution is -2.60. The quantitative estimate of drug-likeness (QED) is 0.685. The molecule has 0 aliphatic carbocycles. The van der Waals surface area contributed by atoms with Gasteiger partial charge in [0.2, 0.25) is 5.91 Å². The Kier molecular flexibility index (Phi) is 3.47. The molecule has 18 heavy (non-hydrogen) atoms. The molecule has 0 spiro atoms. The minimum Gasteiger partial charge on any atom is -0.444 e. The van der Waals surface area contributed by atoms with Gasteiger partial charge in [-0.3, -0.25) is 4.79 Å². The van der Waals surface area contributed by atoms with Crippen LogP contribution in [0.4, 0.5) is 4.79 Å². The molecule has 2 rings (SSSR count). The average molecular weight is 256 g/mol. The lowest BCUT2D eigenvalue weighted by atomic mass is 10.0. The zero-order chi connectivity index (χ0) is 13.3. The van der Waals surface area contributed by atoms with Gasteiger partial charge in [-0.2, -0.15) is 0 Å². The highest BCUT2D eigenvalue weighted by atomic mass is 16.6. The van der Waals surface area contributed by atoms with E-state index in [1.54, 1.807) is 4.90 Å². The fourth-order valence-electron chi connectivity index (χ4n) is 2.17. The summed E-state index contributed by atoms with van der Waals surface area (Å²) in [6, 6.07) is 0.0185. The molecule has 0 aromatic heterocycles. The molecule has 2 heterocycles. The van der Waals surface area contributed by atoms with Gasteiger partial charge in [-0.1, -0.05) is 0 Å². The van der Waals surface area contributed by atoms with Crippen LogP contribution in [0.3, 0.4) is 0 Å². The second-order valence-electron chi connectivity index (χ2n) is 5.74. The number of hydrogen-bond acceptors (Lipinski definition) is 4. The monoisotopic (exact) mass is 256 g/mol. The van der Waals surface area contributed by atoms with Gasteiger partial charge in [-0.05, 0) is 27.2 Å². The molecule has 2 aliphatic rings. The molecule has 102 valence electrons. The van der Waals surface area contributed by atoms with Crippen LogP contribution in [0, 0.1) is 0 Å². The van der Waals surface area contributed by atoms with Crippen molar-refractivity contribution in [2.24, 2.45) is 0 Å². The van der Waals surface area contributed by atoms with E-state index in [4.69, 9.17) is 9.47 Å². The number of amides is 2. The number of hydrogen-bond donors (Lipinski definition) is 1. The Morgan fingerprint density at radius 3 is 2.89 bits per heavy atom. The molecule has 6 heteroatoms. The largest absolute Gasteiger partial charge is 0.444 e. The van der Waals surface area contributed by atoms with Crippen LogP contribution in [0.15, 0.2) is 0 Å². The van der Waals surface area contributed by atoms with Crippen LogP contribution in [0.25, 0.3) is 0 Å². The fraction of sp³-hybridized carbons (Fsp3) is 0.833. The van der Waals surface area contributed by atoms with E-state index in [-0.39, 0.29) is 30.8 Å². The van der Waals surface area contributed by atoms with E-state index in [1.165, 1.54) is 0 Å². The first-order chi connectivity index (χ1) is 8.35. The number of nitrogens with one attached hydrogen (secondary N) is 1. The number of ether oxygens (including phenoxy) is 2. The van der Waals surface area contributed by atoms with E-state index >= 15 is 0 Å². The van der Waals surface area contributed by atoms with Gasteiger partial charge in [0.05, 0.1) is 18.7 Å². The SMILES string of the molecule is CC(C)(C)OC(=O)N1CC[C@H]2NC(=O)COC2C1. The first-order valence-electron chi connectivity index (χ1n) is 6.24. The minimum absolute atomic E-state index is 0.0185. The summed E-state index contributed by atoms with van der Waals surface area (Å²) in [5.74, 6) is -0.0815. The van der Waals surface area contributed by atoms with E-state index in [0.29, 0.717) is 19.5 Å². The number of carbonyl (C=O) groups is 2. The van der Waals surface area contributed by atoms with E-state index in [2.05, 4.69) is 5.32 Å². The molecular weight excluding hydrogens is 236 g/mol. The summed E-state index contributed by atoms with van der Waals surface area (Å²) < 4.78 is 10.8. The molecule has 2 aliphatic heterocycles. The predicted molar refractivity (Wildman–Crippen MR) is 64.1 cm³/mol. The van der Waals surface area contributed by atoms with Crippen molar-refractivity contribution in [3.63, 3.8) is 0 Å². The summed E-state index contributed by atoms with van der Waals surface area (Å²) in [5.41, 5.74) is -0.491. The standard InChI is InChI=1S/C12H20N2O4/c1-12(2,3)18-11(16)14-5-4-8-9(6-14)17-7-10(15)13-8/h8-9H,4-7H2,1-3H3,(H,13,15)/t8-,9?/m1/s1. The number of morpholine rings is 1. The normalized spacial score (nSPS) is 28.4. The van der Waals surface area contributed by atoms with E-state index in [1.807, 2.05) is 20.8 Å². The molecule has 6 nitrogen and oxygen atoms in total. The molecule has 2 fully saturated rings. The maximum absolute atomic E-state index is 11.9. The Balaban J connectivity index is 1.91. The van der Waals surface area contributed by atoms with Gasteiger partial charge in [0.25, 0.3) is 0 Å². The average Bonchev–Trinajstić information content (AvgIpc) is 2.26. The van der Waals surface area contributed by atoms with E-state index < -0.39 is 5.60 Å². The van der Waals surface area contributed by atoms with Crippen molar-refractivity contribution < 1.29 is 19.1 Å². The number of piperidine rings is 1. The van der Waals surface area contributed by atoms with Crippen LogP contribution < -0.4 is 5.32 Å². The number of likely N-dealkylation sites (tertiary alicyclic amines) is 1. The Hall–Kier alpha value is -1.30. The molecule has 0 aromatic rings. The van der Waals surface area contributed by atoms with Crippen LogP contribution in [0.5, 0.6) is 0 Å². The predicted octanol–water partition coefficient (Wildman–Crippen LogP) is 0.511.